The molecule has 0 aliphatic heterocycles. The van der Waals surface area contributed by atoms with E-state index in [2.05, 4.69) is 23.7 Å². The lowest BCUT2D eigenvalue weighted by molar-refractivity contribution is 0.0466. The van der Waals surface area contributed by atoms with E-state index in [-0.39, 0.29) is 5.56 Å². The average Bonchev–Trinajstić information content (AvgIpc) is 2.74. The van der Waals surface area contributed by atoms with Crippen molar-refractivity contribution in [1.29, 1.82) is 0 Å². The molecule has 0 saturated heterocycles. The first-order valence-corrected chi connectivity index (χ1v) is 9.32. The molecule has 0 fully saturated rings. The van der Waals surface area contributed by atoms with Gasteiger partial charge in [0.2, 0.25) is 5.88 Å². The highest BCUT2D eigenvalue weighted by atomic mass is 16.5. The van der Waals surface area contributed by atoms with Crippen LogP contribution in [0.1, 0.15) is 29.8 Å². The number of nitrogens with zero attached hydrogens (tertiary/aromatic N) is 4. The maximum absolute atomic E-state index is 12.2. The van der Waals surface area contributed by atoms with Crippen molar-refractivity contribution < 1.29 is 14.6 Å². The van der Waals surface area contributed by atoms with Crippen LogP contribution in [0.25, 0.3) is 0 Å². The molecular weight excluding hydrogens is 376 g/mol. The summed E-state index contributed by atoms with van der Waals surface area (Å²) in [6, 6.07) is 6.35. The first-order valence-electron chi connectivity index (χ1n) is 9.32. The zero-order chi connectivity index (χ0) is 21.6. The molecule has 9 heteroatoms. The molecule has 2 aromatic rings. The molecule has 0 unspecified atom stereocenters. The summed E-state index contributed by atoms with van der Waals surface area (Å²) in [6.45, 7) is 6.89. The van der Waals surface area contributed by atoms with Crippen LogP contribution in [0.2, 0.25) is 0 Å². The third kappa shape index (κ3) is 5.20. The number of esters is 1. The normalized spacial score (nSPS) is 11.3. The van der Waals surface area contributed by atoms with Gasteiger partial charge in [0.05, 0.1) is 11.3 Å². The van der Waals surface area contributed by atoms with Gasteiger partial charge in [0.15, 0.2) is 0 Å². The van der Waals surface area contributed by atoms with Gasteiger partial charge in [0.1, 0.15) is 12.2 Å². The summed E-state index contributed by atoms with van der Waals surface area (Å²) in [5.74, 6) is -0.882. The second-order valence-corrected chi connectivity index (χ2v) is 6.41. The minimum Gasteiger partial charge on any atom is -0.494 e. The average molecular weight is 402 g/mol. The van der Waals surface area contributed by atoms with Crippen LogP contribution in [-0.2, 0) is 18.8 Å². The number of likely N-dealkylation sites (N-methyl/N-ethyl adjacent to an activating group) is 1. The van der Waals surface area contributed by atoms with Crippen molar-refractivity contribution in [3.8, 4) is 5.88 Å². The van der Waals surface area contributed by atoms with Gasteiger partial charge < -0.3 is 14.7 Å². The molecule has 0 atom stereocenters. The highest BCUT2D eigenvalue weighted by Crippen LogP contribution is 2.15. The molecule has 0 saturated carbocycles. The van der Waals surface area contributed by atoms with Crippen molar-refractivity contribution in [2.24, 2.45) is 19.1 Å². The van der Waals surface area contributed by atoms with E-state index in [0.29, 0.717) is 24.4 Å². The number of carbonyl (C=O) groups is 1. The Hall–Kier alpha value is -3.20. The molecule has 2 rings (SSSR count). The van der Waals surface area contributed by atoms with Gasteiger partial charge in [0.25, 0.3) is 5.56 Å². The number of carbonyl (C=O) groups excluding carboxylic acids is 1. The van der Waals surface area contributed by atoms with E-state index in [1.807, 2.05) is 0 Å². The SMILES string of the molecule is CCN(CC)CCOC(=O)c1ccc(N=Cc2c(O)n(C)c(=O)n(C)c2=O)cc1. The molecule has 0 radical (unpaired) electrons. The van der Waals surface area contributed by atoms with Crippen molar-refractivity contribution in [2.75, 3.05) is 26.2 Å². The Morgan fingerprint density at radius 1 is 1.14 bits per heavy atom. The van der Waals surface area contributed by atoms with Crippen LogP contribution in [0.15, 0.2) is 38.8 Å². The molecule has 156 valence electrons. The first kappa shape index (κ1) is 22.1. The van der Waals surface area contributed by atoms with Gasteiger partial charge >= 0.3 is 11.7 Å². The fourth-order valence-electron chi connectivity index (χ4n) is 2.69. The van der Waals surface area contributed by atoms with Crippen molar-refractivity contribution in [2.45, 2.75) is 13.8 Å². The van der Waals surface area contributed by atoms with Crippen molar-refractivity contribution in [3.05, 3.63) is 56.2 Å². The van der Waals surface area contributed by atoms with Crippen molar-refractivity contribution in [1.82, 2.24) is 14.0 Å². The van der Waals surface area contributed by atoms with Crippen LogP contribution in [0, 0.1) is 0 Å². The van der Waals surface area contributed by atoms with Gasteiger partial charge in [0, 0.05) is 26.9 Å². The molecule has 0 aliphatic carbocycles. The van der Waals surface area contributed by atoms with E-state index in [1.165, 1.54) is 20.3 Å². The van der Waals surface area contributed by atoms with Gasteiger partial charge in [-0.3, -0.25) is 18.9 Å². The van der Waals surface area contributed by atoms with Gasteiger partial charge in [-0.15, -0.1) is 0 Å². The predicted octanol–water partition coefficient (Wildman–Crippen LogP) is 1.04. The molecule has 1 aromatic heterocycles. The van der Waals surface area contributed by atoms with E-state index in [9.17, 15) is 19.5 Å². The Kier molecular flexibility index (Phi) is 7.49. The number of aliphatic imine (C=N–C) groups is 1. The number of aromatic hydroxyl groups is 1. The van der Waals surface area contributed by atoms with Crippen molar-refractivity contribution >= 4 is 17.9 Å². The Morgan fingerprint density at radius 2 is 1.76 bits per heavy atom. The second-order valence-electron chi connectivity index (χ2n) is 6.41. The summed E-state index contributed by atoms with van der Waals surface area (Å²) in [5.41, 5.74) is -0.518. The van der Waals surface area contributed by atoms with Gasteiger partial charge in [-0.25, -0.2) is 9.59 Å². The molecule has 29 heavy (non-hydrogen) atoms. The Labute approximate surface area is 168 Å². The van der Waals surface area contributed by atoms with Crippen LogP contribution < -0.4 is 11.2 Å². The summed E-state index contributed by atoms with van der Waals surface area (Å²) in [5, 5.41) is 10.0. The lowest BCUT2D eigenvalue weighted by Gasteiger charge is -2.17. The minimum atomic E-state index is -0.650. The quantitative estimate of drug-likeness (QED) is 0.522. The molecule has 0 aliphatic rings. The number of hydrogen-bond donors (Lipinski definition) is 1. The van der Waals surface area contributed by atoms with Gasteiger partial charge in [-0.05, 0) is 37.4 Å². The lowest BCUT2D eigenvalue weighted by atomic mass is 10.2. The summed E-state index contributed by atoms with van der Waals surface area (Å²) in [4.78, 5) is 42.3. The summed E-state index contributed by atoms with van der Waals surface area (Å²) >= 11 is 0. The van der Waals surface area contributed by atoms with E-state index in [1.54, 1.807) is 24.3 Å². The van der Waals surface area contributed by atoms with E-state index >= 15 is 0 Å². The van der Waals surface area contributed by atoms with Gasteiger partial charge in [-0.1, -0.05) is 13.8 Å². The smallest absolute Gasteiger partial charge is 0.338 e. The maximum Gasteiger partial charge on any atom is 0.338 e. The first-order chi connectivity index (χ1) is 13.8. The number of hydrogen-bond acceptors (Lipinski definition) is 7. The second kappa shape index (κ2) is 9.83. The highest BCUT2D eigenvalue weighted by molar-refractivity contribution is 5.90. The summed E-state index contributed by atoms with van der Waals surface area (Å²) < 4.78 is 7.12. The molecular formula is C20H26N4O5. The molecule has 1 heterocycles. The van der Waals surface area contributed by atoms with Gasteiger partial charge in [-0.2, -0.15) is 0 Å². The Bertz CT molecular complexity index is 1000. The zero-order valence-corrected chi connectivity index (χ0v) is 17.1. The van der Waals surface area contributed by atoms with E-state index < -0.39 is 23.1 Å². The standard InChI is InChI=1S/C20H26N4O5/c1-5-24(6-2)11-12-29-19(27)14-7-9-15(10-8-14)21-13-16-17(25)22(3)20(28)23(4)18(16)26/h7-10,13,25H,5-6,11-12H2,1-4H3. The molecule has 1 N–H and O–H groups in total. The molecule has 0 spiro atoms. The lowest BCUT2D eigenvalue weighted by Crippen LogP contribution is -2.38. The third-order valence-corrected chi connectivity index (χ3v) is 4.65. The number of ether oxygens (including phenoxy) is 1. The molecule has 1 aromatic carbocycles. The molecule has 9 nitrogen and oxygen atoms in total. The van der Waals surface area contributed by atoms with Crippen molar-refractivity contribution in [3.63, 3.8) is 0 Å². The Morgan fingerprint density at radius 3 is 2.34 bits per heavy atom. The monoisotopic (exact) mass is 402 g/mol. The fraction of sp³-hybridized carbons (Fsp3) is 0.400. The highest BCUT2D eigenvalue weighted by Gasteiger charge is 2.13. The number of benzene rings is 1. The fourth-order valence-corrected chi connectivity index (χ4v) is 2.69. The van der Waals surface area contributed by atoms with E-state index in [0.717, 1.165) is 22.2 Å². The van der Waals surface area contributed by atoms with Crippen LogP contribution in [0.4, 0.5) is 5.69 Å². The molecule has 0 bridgehead atoms. The molecule has 0 amide bonds. The minimum absolute atomic E-state index is 0.102. The number of aromatic nitrogens is 2. The zero-order valence-electron chi connectivity index (χ0n) is 17.1. The number of rotatable bonds is 8. The summed E-state index contributed by atoms with van der Waals surface area (Å²) in [7, 11) is 2.68. The van der Waals surface area contributed by atoms with Crippen LogP contribution in [-0.4, -0.2) is 57.6 Å². The topological polar surface area (TPSA) is 106 Å². The van der Waals surface area contributed by atoms with E-state index in [4.69, 9.17) is 4.74 Å². The predicted molar refractivity (Wildman–Crippen MR) is 110 cm³/mol. The van der Waals surface area contributed by atoms with Crippen LogP contribution in [0.3, 0.4) is 0 Å². The summed E-state index contributed by atoms with van der Waals surface area (Å²) in [6.07, 6.45) is 1.19. The van der Waals surface area contributed by atoms with Crippen LogP contribution >= 0.6 is 0 Å². The van der Waals surface area contributed by atoms with Crippen LogP contribution in [0.5, 0.6) is 5.88 Å². The Balaban J connectivity index is 2.09. The maximum atomic E-state index is 12.2. The largest absolute Gasteiger partial charge is 0.494 e. The third-order valence-electron chi connectivity index (χ3n) is 4.65.